The van der Waals surface area contributed by atoms with Gasteiger partial charge in [-0.05, 0) is 45.0 Å². The van der Waals surface area contributed by atoms with E-state index in [1.54, 1.807) is 0 Å². The Hall–Kier alpha value is -2.88. The summed E-state index contributed by atoms with van der Waals surface area (Å²) in [6.45, 7) is 6.03. The molecule has 0 fully saturated rings. The smallest absolute Gasteiger partial charge is 0.136 e. The van der Waals surface area contributed by atoms with Crippen LogP contribution in [0.1, 0.15) is 17.0 Å². The second-order valence-corrected chi connectivity index (χ2v) is 5.67. The van der Waals surface area contributed by atoms with E-state index in [1.807, 2.05) is 37.3 Å². The number of hydrogen-bond donors (Lipinski definition) is 2. The van der Waals surface area contributed by atoms with Crippen LogP contribution in [0.15, 0.2) is 54.6 Å². The number of hydrogen-bond acceptors (Lipinski definition) is 4. The first-order valence-electron chi connectivity index (χ1n) is 7.61. The van der Waals surface area contributed by atoms with Crippen LogP contribution in [0.25, 0.3) is 0 Å². The lowest BCUT2D eigenvalue weighted by molar-refractivity contribution is 1.06. The topological polar surface area (TPSA) is 49.8 Å². The maximum atomic E-state index is 4.45. The predicted molar refractivity (Wildman–Crippen MR) is 95.7 cm³/mol. The Morgan fingerprint density at radius 1 is 0.609 bits per heavy atom. The summed E-state index contributed by atoms with van der Waals surface area (Å²) in [4.78, 5) is 8.89. The minimum absolute atomic E-state index is 0.719. The van der Waals surface area contributed by atoms with Crippen molar-refractivity contribution in [1.29, 1.82) is 0 Å². The molecule has 1 aromatic heterocycles. The molecule has 3 rings (SSSR count). The molecule has 0 atom stereocenters. The Balaban J connectivity index is 1.81. The number of aryl methyl sites for hydroxylation is 3. The second kappa shape index (κ2) is 6.48. The van der Waals surface area contributed by atoms with Gasteiger partial charge in [-0.2, -0.15) is 0 Å². The number of nitrogens with one attached hydrogen (secondary N) is 2. The van der Waals surface area contributed by atoms with Crippen molar-refractivity contribution in [2.45, 2.75) is 20.8 Å². The summed E-state index contributed by atoms with van der Waals surface area (Å²) in [5.41, 5.74) is 4.48. The number of aromatic nitrogens is 2. The first-order chi connectivity index (χ1) is 11.1. The Bertz CT molecular complexity index is 727. The van der Waals surface area contributed by atoms with E-state index in [0.717, 1.165) is 28.8 Å². The van der Waals surface area contributed by atoms with Gasteiger partial charge in [0.05, 0.1) is 0 Å². The van der Waals surface area contributed by atoms with Gasteiger partial charge in [-0.25, -0.2) is 9.97 Å². The first-order valence-corrected chi connectivity index (χ1v) is 7.61. The van der Waals surface area contributed by atoms with Crippen molar-refractivity contribution in [2.24, 2.45) is 0 Å². The zero-order chi connectivity index (χ0) is 16.2. The maximum absolute atomic E-state index is 4.45. The minimum atomic E-state index is 0.719. The molecule has 0 radical (unpaired) electrons. The van der Waals surface area contributed by atoms with Crippen molar-refractivity contribution in [1.82, 2.24) is 9.97 Å². The fourth-order valence-electron chi connectivity index (χ4n) is 2.27. The Labute approximate surface area is 136 Å². The number of benzene rings is 2. The predicted octanol–water partition coefficient (Wildman–Crippen LogP) is 4.89. The number of rotatable bonds is 4. The Morgan fingerprint density at radius 3 is 1.39 bits per heavy atom. The largest absolute Gasteiger partial charge is 0.340 e. The van der Waals surface area contributed by atoms with Gasteiger partial charge in [0.25, 0.3) is 0 Å². The third-order valence-electron chi connectivity index (χ3n) is 3.49. The molecule has 4 heteroatoms. The SMILES string of the molecule is Cc1ccc(Nc2cc(Nc3ccc(C)cc3)nc(C)n2)cc1. The number of anilines is 4. The minimum Gasteiger partial charge on any atom is -0.340 e. The van der Waals surface area contributed by atoms with Gasteiger partial charge in [-0.3, -0.25) is 0 Å². The molecular weight excluding hydrogens is 284 g/mol. The quantitative estimate of drug-likeness (QED) is 0.720. The highest BCUT2D eigenvalue weighted by Gasteiger charge is 2.03. The summed E-state index contributed by atoms with van der Waals surface area (Å²) in [5, 5.41) is 6.63. The third-order valence-corrected chi connectivity index (χ3v) is 3.49. The van der Waals surface area contributed by atoms with E-state index in [9.17, 15) is 0 Å². The Morgan fingerprint density at radius 2 is 1.00 bits per heavy atom. The van der Waals surface area contributed by atoms with Crippen LogP contribution in [0.3, 0.4) is 0 Å². The van der Waals surface area contributed by atoms with E-state index in [4.69, 9.17) is 0 Å². The van der Waals surface area contributed by atoms with Crippen LogP contribution >= 0.6 is 0 Å². The van der Waals surface area contributed by atoms with Gasteiger partial charge in [0.1, 0.15) is 17.5 Å². The highest BCUT2D eigenvalue weighted by Crippen LogP contribution is 2.20. The van der Waals surface area contributed by atoms with E-state index < -0.39 is 0 Å². The van der Waals surface area contributed by atoms with E-state index in [-0.39, 0.29) is 0 Å². The van der Waals surface area contributed by atoms with E-state index in [2.05, 4.69) is 58.7 Å². The molecule has 3 aromatic rings. The Kier molecular flexibility index (Phi) is 4.24. The molecule has 116 valence electrons. The van der Waals surface area contributed by atoms with Gasteiger partial charge in [0.2, 0.25) is 0 Å². The summed E-state index contributed by atoms with van der Waals surface area (Å²) in [6, 6.07) is 18.4. The molecule has 4 nitrogen and oxygen atoms in total. The fraction of sp³-hybridized carbons (Fsp3) is 0.158. The van der Waals surface area contributed by atoms with Crippen LogP contribution in [0, 0.1) is 20.8 Å². The van der Waals surface area contributed by atoms with Gasteiger partial charge in [0.15, 0.2) is 0 Å². The van der Waals surface area contributed by atoms with Crippen LogP contribution < -0.4 is 10.6 Å². The summed E-state index contributed by atoms with van der Waals surface area (Å²) in [7, 11) is 0. The molecular formula is C19H20N4. The molecule has 0 saturated carbocycles. The summed E-state index contributed by atoms with van der Waals surface area (Å²) < 4.78 is 0. The van der Waals surface area contributed by atoms with Gasteiger partial charge < -0.3 is 10.6 Å². The molecule has 0 amide bonds. The zero-order valence-corrected chi connectivity index (χ0v) is 13.6. The standard InChI is InChI=1S/C19H20N4/c1-13-4-8-16(9-5-13)22-18-12-19(21-15(3)20-18)23-17-10-6-14(2)7-11-17/h4-12H,1-3H3,(H2,20,21,22,23). The van der Waals surface area contributed by atoms with Gasteiger partial charge in [0, 0.05) is 17.4 Å². The highest BCUT2D eigenvalue weighted by molar-refractivity contribution is 5.63. The van der Waals surface area contributed by atoms with E-state index >= 15 is 0 Å². The van der Waals surface area contributed by atoms with Crippen LogP contribution in [-0.4, -0.2) is 9.97 Å². The second-order valence-electron chi connectivity index (χ2n) is 5.67. The van der Waals surface area contributed by atoms with Crippen molar-refractivity contribution in [3.8, 4) is 0 Å². The highest BCUT2D eigenvalue weighted by atomic mass is 15.1. The molecule has 23 heavy (non-hydrogen) atoms. The van der Waals surface area contributed by atoms with Gasteiger partial charge >= 0.3 is 0 Å². The molecule has 1 heterocycles. The molecule has 0 spiro atoms. The van der Waals surface area contributed by atoms with Crippen LogP contribution in [0.4, 0.5) is 23.0 Å². The average Bonchev–Trinajstić information content (AvgIpc) is 2.51. The van der Waals surface area contributed by atoms with E-state index in [1.165, 1.54) is 11.1 Å². The van der Waals surface area contributed by atoms with Crippen molar-refractivity contribution in [2.75, 3.05) is 10.6 Å². The van der Waals surface area contributed by atoms with Crippen LogP contribution in [0.5, 0.6) is 0 Å². The lowest BCUT2D eigenvalue weighted by Crippen LogP contribution is -2.01. The van der Waals surface area contributed by atoms with Crippen molar-refractivity contribution >= 4 is 23.0 Å². The number of nitrogens with zero attached hydrogens (tertiary/aromatic N) is 2. The first kappa shape index (κ1) is 15.0. The molecule has 2 aromatic carbocycles. The molecule has 0 aliphatic heterocycles. The molecule has 0 aliphatic rings. The normalized spacial score (nSPS) is 10.4. The summed E-state index contributed by atoms with van der Waals surface area (Å²) in [5.74, 6) is 2.27. The summed E-state index contributed by atoms with van der Waals surface area (Å²) >= 11 is 0. The molecule has 0 aliphatic carbocycles. The van der Waals surface area contributed by atoms with Crippen molar-refractivity contribution in [3.05, 3.63) is 71.5 Å². The van der Waals surface area contributed by atoms with E-state index in [0.29, 0.717) is 0 Å². The van der Waals surface area contributed by atoms with Gasteiger partial charge in [-0.15, -0.1) is 0 Å². The van der Waals surface area contributed by atoms with Crippen LogP contribution in [0.2, 0.25) is 0 Å². The zero-order valence-electron chi connectivity index (χ0n) is 13.6. The molecule has 0 saturated heterocycles. The lowest BCUT2D eigenvalue weighted by atomic mass is 10.2. The lowest BCUT2D eigenvalue weighted by Gasteiger charge is -2.10. The van der Waals surface area contributed by atoms with Crippen molar-refractivity contribution < 1.29 is 0 Å². The van der Waals surface area contributed by atoms with Crippen LogP contribution in [-0.2, 0) is 0 Å². The molecule has 0 unspecified atom stereocenters. The fourth-order valence-corrected chi connectivity index (χ4v) is 2.27. The molecule has 0 bridgehead atoms. The maximum Gasteiger partial charge on any atom is 0.136 e. The molecule has 2 N–H and O–H groups in total. The summed E-state index contributed by atoms with van der Waals surface area (Å²) in [6.07, 6.45) is 0. The van der Waals surface area contributed by atoms with Gasteiger partial charge in [-0.1, -0.05) is 35.4 Å². The average molecular weight is 304 g/mol. The van der Waals surface area contributed by atoms with Crippen molar-refractivity contribution in [3.63, 3.8) is 0 Å². The third kappa shape index (κ3) is 4.07. The monoisotopic (exact) mass is 304 g/mol.